The molecule has 0 fully saturated rings. The smallest absolute Gasteiger partial charge is 0.264 e. The fourth-order valence-corrected chi connectivity index (χ4v) is 13.1. The number of hydrogen-bond donors (Lipinski definition) is 0. The summed E-state index contributed by atoms with van der Waals surface area (Å²) in [6, 6.07) is 74.3. The number of rotatable bonds is 4. The lowest BCUT2D eigenvalue weighted by Crippen LogP contribution is -2.60. The minimum atomic E-state index is -0.0676. The number of thiophene rings is 1. The first-order chi connectivity index (χ1) is 34.6. The molecule has 2 aliphatic heterocycles. The highest BCUT2D eigenvalue weighted by Gasteiger charge is 2.45. The molecule has 1 aromatic heterocycles. The Bertz CT molecular complexity index is 3960. The molecule has 2 aliphatic rings. The lowest BCUT2D eigenvalue weighted by Gasteiger charge is -2.43. The predicted molar refractivity (Wildman–Crippen MR) is 315 cm³/mol. The molecular formula is C68H59BN2S. The SMILES string of the molecule is CC(C)(C)c1ccc(-c2ccc3c(c2)B2c4sc5ccc(C(C)(C)C)cc5c4N(c4ccccc4)c4cccc(c42)N3c2ccc(C(C)(C)C)cc2-c2ccc3c4ccccc4c4ccccc4c3c2)cc1. The molecule has 0 saturated heterocycles. The molecule has 0 aliphatic carbocycles. The van der Waals surface area contributed by atoms with Gasteiger partial charge < -0.3 is 9.80 Å². The third-order valence-electron chi connectivity index (χ3n) is 15.7. The Labute approximate surface area is 429 Å². The van der Waals surface area contributed by atoms with Gasteiger partial charge in [-0.1, -0.05) is 196 Å². The van der Waals surface area contributed by atoms with Gasteiger partial charge in [0.1, 0.15) is 0 Å². The number of para-hydroxylation sites is 1. The summed E-state index contributed by atoms with van der Waals surface area (Å²) >= 11 is 1.97. The second kappa shape index (κ2) is 16.1. The van der Waals surface area contributed by atoms with E-state index >= 15 is 0 Å². The fraction of sp³-hybridized carbons (Fsp3) is 0.176. The van der Waals surface area contributed by atoms with Crippen LogP contribution < -0.4 is 25.5 Å². The van der Waals surface area contributed by atoms with Gasteiger partial charge in [0.05, 0.1) is 11.4 Å². The molecule has 13 rings (SSSR count). The van der Waals surface area contributed by atoms with Crippen molar-refractivity contribution in [1.82, 2.24) is 0 Å². The van der Waals surface area contributed by atoms with Crippen LogP contribution in [0.2, 0.25) is 0 Å². The second-order valence-corrected chi connectivity index (χ2v) is 24.4. The van der Waals surface area contributed by atoms with E-state index in [0.717, 1.165) is 0 Å². The van der Waals surface area contributed by atoms with Crippen LogP contribution in [-0.4, -0.2) is 6.71 Å². The lowest BCUT2D eigenvalue weighted by molar-refractivity contribution is 0.590. The molecule has 10 aromatic carbocycles. The van der Waals surface area contributed by atoms with Crippen LogP contribution in [-0.2, 0) is 16.2 Å². The van der Waals surface area contributed by atoms with E-state index in [2.05, 4.69) is 266 Å². The van der Waals surface area contributed by atoms with Crippen molar-refractivity contribution in [2.75, 3.05) is 9.80 Å². The normalized spacial score (nSPS) is 13.5. The summed E-state index contributed by atoms with van der Waals surface area (Å²) in [5.74, 6) is 0. The molecule has 0 N–H and O–H groups in total. The van der Waals surface area contributed by atoms with E-state index in [1.54, 1.807) is 0 Å². The number of nitrogens with zero attached hydrogens (tertiary/aromatic N) is 2. The topological polar surface area (TPSA) is 6.48 Å². The molecule has 4 heteroatoms. The van der Waals surface area contributed by atoms with Gasteiger partial charge in [0.25, 0.3) is 6.71 Å². The largest absolute Gasteiger partial charge is 0.311 e. The Morgan fingerprint density at radius 2 is 0.889 bits per heavy atom. The van der Waals surface area contributed by atoms with Crippen LogP contribution in [0.5, 0.6) is 0 Å². The summed E-state index contributed by atoms with van der Waals surface area (Å²) in [7, 11) is 0. The molecule has 0 unspecified atom stereocenters. The molecule has 72 heavy (non-hydrogen) atoms. The highest BCUT2D eigenvalue weighted by atomic mass is 32.1. The molecule has 350 valence electrons. The molecule has 0 atom stereocenters. The van der Waals surface area contributed by atoms with Gasteiger partial charge in [-0.05, 0) is 154 Å². The van der Waals surface area contributed by atoms with Crippen molar-refractivity contribution in [2.45, 2.75) is 78.6 Å². The van der Waals surface area contributed by atoms with Gasteiger partial charge in [-0.15, -0.1) is 11.3 Å². The van der Waals surface area contributed by atoms with E-state index < -0.39 is 0 Å². The van der Waals surface area contributed by atoms with Gasteiger partial charge in [0.15, 0.2) is 0 Å². The van der Waals surface area contributed by atoms with Crippen LogP contribution in [0.3, 0.4) is 0 Å². The first-order valence-electron chi connectivity index (χ1n) is 25.7. The van der Waals surface area contributed by atoms with Gasteiger partial charge in [-0.3, -0.25) is 0 Å². The van der Waals surface area contributed by atoms with Crippen LogP contribution in [0.4, 0.5) is 34.1 Å². The minimum absolute atomic E-state index is 0.000639. The van der Waals surface area contributed by atoms with Crippen LogP contribution in [0.1, 0.15) is 79.0 Å². The Morgan fingerprint density at radius 3 is 1.54 bits per heavy atom. The number of hydrogen-bond acceptors (Lipinski definition) is 3. The first kappa shape index (κ1) is 44.5. The molecule has 2 nitrogen and oxygen atoms in total. The number of fused-ring (bicyclic) bond motifs is 12. The van der Waals surface area contributed by atoms with Crippen molar-refractivity contribution in [1.29, 1.82) is 0 Å². The fourth-order valence-electron chi connectivity index (χ4n) is 11.8. The van der Waals surface area contributed by atoms with Gasteiger partial charge in [0, 0.05) is 43.2 Å². The Morgan fingerprint density at radius 1 is 0.361 bits per heavy atom. The van der Waals surface area contributed by atoms with E-state index in [9.17, 15) is 0 Å². The highest BCUT2D eigenvalue weighted by molar-refractivity contribution is 7.33. The van der Waals surface area contributed by atoms with Crippen LogP contribution in [0, 0.1) is 0 Å². The van der Waals surface area contributed by atoms with Gasteiger partial charge in [-0.25, -0.2) is 0 Å². The Kier molecular flexibility index (Phi) is 9.93. The molecule has 3 heterocycles. The predicted octanol–water partition coefficient (Wildman–Crippen LogP) is 17.7. The van der Waals surface area contributed by atoms with Crippen LogP contribution in [0.25, 0.3) is 64.7 Å². The third kappa shape index (κ3) is 6.97. The van der Waals surface area contributed by atoms with Crippen LogP contribution in [0.15, 0.2) is 194 Å². The standard InChI is InChI=1S/C68H59BN2S/c1-66(2,3)45-30-26-42(27-31-45)43-29-35-59-57(39-43)69-63-60(70(48-18-11-10-12-19-48)64-56-41-47(68(7,8)9)33-37-62(56)72-65(64)69)24-17-25-61(63)71(59)58-36-32-46(67(4,5)6)40-54(58)44-28-34-53-51-22-14-13-20-49(51)50-21-15-16-23-52(50)55(53)38-44/h10-41H,1-9H3. The van der Waals surface area contributed by atoms with E-state index in [1.807, 2.05) is 11.3 Å². The van der Waals surface area contributed by atoms with E-state index in [-0.39, 0.29) is 23.0 Å². The zero-order valence-corrected chi connectivity index (χ0v) is 43.7. The first-order valence-corrected chi connectivity index (χ1v) is 26.5. The maximum Gasteiger partial charge on any atom is 0.264 e. The van der Waals surface area contributed by atoms with E-state index in [1.165, 1.54) is 131 Å². The van der Waals surface area contributed by atoms with E-state index in [4.69, 9.17) is 0 Å². The molecular weight excluding hydrogens is 888 g/mol. The molecule has 0 radical (unpaired) electrons. The lowest BCUT2D eigenvalue weighted by atomic mass is 9.36. The van der Waals surface area contributed by atoms with Gasteiger partial charge in [-0.2, -0.15) is 0 Å². The molecule has 0 amide bonds. The van der Waals surface area contributed by atoms with Crippen molar-refractivity contribution in [3.63, 3.8) is 0 Å². The zero-order chi connectivity index (χ0) is 49.4. The maximum atomic E-state index is 2.61. The number of anilines is 6. The summed E-state index contributed by atoms with van der Waals surface area (Å²) in [6.07, 6.45) is 0. The molecule has 11 aromatic rings. The molecule has 0 saturated carbocycles. The van der Waals surface area contributed by atoms with Crippen molar-refractivity contribution in [2.24, 2.45) is 0 Å². The monoisotopic (exact) mass is 946 g/mol. The number of benzene rings is 10. The average Bonchev–Trinajstić information content (AvgIpc) is 3.76. The summed E-state index contributed by atoms with van der Waals surface area (Å²) < 4.78 is 2.70. The Hall–Kier alpha value is -7.40. The summed E-state index contributed by atoms with van der Waals surface area (Å²) in [4.78, 5) is 5.19. The van der Waals surface area contributed by atoms with Crippen LogP contribution >= 0.6 is 11.3 Å². The highest BCUT2D eigenvalue weighted by Crippen LogP contribution is 2.51. The summed E-state index contributed by atoms with van der Waals surface area (Å²) in [6.45, 7) is 20.9. The molecule has 0 bridgehead atoms. The van der Waals surface area contributed by atoms with Crippen molar-refractivity contribution >= 4 is 110 Å². The van der Waals surface area contributed by atoms with Crippen molar-refractivity contribution in [3.8, 4) is 22.3 Å². The maximum absolute atomic E-state index is 2.61. The molecule has 0 spiro atoms. The quantitative estimate of drug-likeness (QED) is 0.128. The van der Waals surface area contributed by atoms with Gasteiger partial charge in [0.2, 0.25) is 0 Å². The average molecular weight is 947 g/mol. The second-order valence-electron chi connectivity index (χ2n) is 23.4. The van der Waals surface area contributed by atoms with E-state index in [0.29, 0.717) is 0 Å². The zero-order valence-electron chi connectivity index (χ0n) is 42.9. The van der Waals surface area contributed by atoms with Gasteiger partial charge >= 0.3 is 0 Å². The third-order valence-corrected chi connectivity index (χ3v) is 16.9. The summed E-state index contributed by atoms with van der Waals surface area (Å²) in [5.41, 5.74) is 18.9. The van der Waals surface area contributed by atoms with Crippen molar-refractivity contribution in [3.05, 3.63) is 211 Å². The minimum Gasteiger partial charge on any atom is -0.311 e. The van der Waals surface area contributed by atoms with Crippen molar-refractivity contribution < 1.29 is 0 Å². The summed E-state index contributed by atoms with van der Waals surface area (Å²) in [5, 5.41) is 9.02. The Balaban J connectivity index is 1.11.